The summed E-state index contributed by atoms with van der Waals surface area (Å²) in [5, 5.41) is 12.6. The minimum absolute atomic E-state index is 0.0991. The maximum atomic E-state index is 12.6. The molecular weight excluding hydrogens is 304 g/mol. The van der Waals surface area contributed by atoms with Crippen molar-refractivity contribution >= 4 is 17.7 Å². The number of carbonyl (C=O) groups excluding carboxylic acids is 1. The van der Waals surface area contributed by atoms with Gasteiger partial charge in [0, 0.05) is 18.8 Å². The summed E-state index contributed by atoms with van der Waals surface area (Å²) in [6.07, 6.45) is 6.30. The Morgan fingerprint density at radius 1 is 1.21 bits per heavy atom. The van der Waals surface area contributed by atoms with Crippen molar-refractivity contribution in [1.29, 1.82) is 0 Å². The summed E-state index contributed by atoms with van der Waals surface area (Å²) in [4.78, 5) is 26.0. The van der Waals surface area contributed by atoms with Gasteiger partial charge in [-0.3, -0.25) is 4.79 Å². The molecule has 4 rings (SSSR count). The van der Waals surface area contributed by atoms with Gasteiger partial charge in [0.15, 0.2) is 0 Å². The number of anilines is 1. The molecule has 3 aliphatic rings. The van der Waals surface area contributed by atoms with E-state index in [1.807, 2.05) is 12.1 Å². The first-order valence-electron chi connectivity index (χ1n) is 8.98. The van der Waals surface area contributed by atoms with Gasteiger partial charge < -0.3 is 15.3 Å². The largest absolute Gasteiger partial charge is 0.481 e. The fourth-order valence-corrected chi connectivity index (χ4v) is 4.61. The number of amides is 2. The number of urea groups is 1. The number of nitrogens with zero attached hydrogens (tertiary/aromatic N) is 1. The second-order valence-corrected chi connectivity index (χ2v) is 7.61. The van der Waals surface area contributed by atoms with E-state index in [1.165, 1.54) is 24.8 Å². The topological polar surface area (TPSA) is 69.6 Å². The first-order valence-corrected chi connectivity index (χ1v) is 8.98. The molecule has 1 saturated heterocycles. The lowest BCUT2D eigenvalue weighted by Gasteiger charge is -2.26. The highest BCUT2D eigenvalue weighted by Gasteiger charge is 2.55. The van der Waals surface area contributed by atoms with E-state index in [1.54, 1.807) is 4.90 Å². The maximum absolute atomic E-state index is 12.6. The molecule has 0 unspecified atom stereocenters. The predicted octanol–water partition coefficient (Wildman–Crippen LogP) is 3.67. The molecular formula is C19H24N2O3. The zero-order valence-electron chi connectivity index (χ0n) is 13.8. The van der Waals surface area contributed by atoms with Gasteiger partial charge in [0.05, 0.1) is 5.41 Å². The summed E-state index contributed by atoms with van der Waals surface area (Å²) in [6, 6.07) is 7.91. The quantitative estimate of drug-likeness (QED) is 0.889. The number of nitrogens with one attached hydrogen (secondary N) is 1. The van der Waals surface area contributed by atoms with Crippen LogP contribution in [0.3, 0.4) is 0 Å². The van der Waals surface area contributed by atoms with Gasteiger partial charge in [-0.2, -0.15) is 0 Å². The van der Waals surface area contributed by atoms with Crippen LogP contribution in [0.5, 0.6) is 0 Å². The van der Waals surface area contributed by atoms with E-state index < -0.39 is 11.4 Å². The highest BCUT2D eigenvalue weighted by molar-refractivity contribution is 5.90. The van der Waals surface area contributed by atoms with Crippen LogP contribution in [0, 0.1) is 11.3 Å². The van der Waals surface area contributed by atoms with Gasteiger partial charge in [0.1, 0.15) is 0 Å². The van der Waals surface area contributed by atoms with Crippen molar-refractivity contribution < 1.29 is 14.7 Å². The Morgan fingerprint density at radius 3 is 2.71 bits per heavy atom. The van der Waals surface area contributed by atoms with Crippen molar-refractivity contribution in [2.75, 3.05) is 18.4 Å². The number of aliphatic carboxylic acids is 1. The van der Waals surface area contributed by atoms with Crippen LogP contribution in [-0.4, -0.2) is 35.1 Å². The van der Waals surface area contributed by atoms with Crippen molar-refractivity contribution in [3.63, 3.8) is 0 Å². The van der Waals surface area contributed by atoms with E-state index in [-0.39, 0.29) is 11.9 Å². The third-order valence-electron chi connectivity index (χ3n) is 6.30. The minimum Gasteiger partial charge on any atom is -0.481 e. The Bertz CT molecular complexity index is 670. The fourth-order valence-electron chi connectivity index (χ4n) is 4.61. The van der Waals surface area contributed by atoms with Gasteiger partial charge in [0.25, 0.3) is 0 Å². The van der Waals surface area contributed by atoms with Crippen LogP contribution in [0.2, 0.25) is 0 Å². The number of hydrogen-bond donors (Lipinski definition) is 2. The molecule has 0 spiro atoms. The van der Waals surface area contributed by atoms with Crippen molar-refractivity contribution in [2.24, 2.45) is 11.3 Å². The number of carboxylic acids is 1. The van der Waals surface area contributed by atoms with Crippen LogP contribution in [0.25, 0.3) is 0 Å². The van der Waals surface area contributed by atoms with E-state index in [0.717, 1.165) is 18.5 Å². The second-order valence-electron chi connectivity index (χ2n) is 7.61. The van der Waals surface area contributed by atoms with Crippen LogP contribution >= 0.6 is 0 Å². The molecule has 5 nitrogen and oxygen atoms in total. The number of carbonyl (C=O) groups is 2. The van der Waals surface area contributed by atoms with Crippen molar-refractivity contribution in [3.05, 3.63) is 29.8 Å². The molecule has 0 aromatic heterocycles. The van der Waals surface area contributed by atoms with Gasteiger partial charge in [-0.25, -0.2) is 4.79 Å². The van der Waals surface area contributed by atoms with Crippen molar-refractivity contribution in [2.45, 2.75) is 44.4 Å². The highest BCUT2D eigenvalue weighted by Crippen LogP contribution is 2.49. The summed E-state index contributed by atoms with van der Waals surface area (Å²) in [6.45, 7) is 0.890. The maximum Gasteiger partial charge on any atom is 0.321 e. The minimum atomic E-state index is -0.743. The molecule has 5 heteroatoms. The van der Waals surface area contributed by atoms with Gasteiger partial charge in [-0.05, 0) is 55.2 Å². The van der Waals surface area contributed by atoms with Gasteiger partial charge in [-0.15, -0.1) is 0 Å². The molecule has 0 radical (unpaired) electrons. The van der Waals surface area contributed by atoms with E-state index >= 15 is 0 Å². The van der Waals surface area contributed by atoms with Crippen molar-refractivity contribution in [3.8, 4) is 0 Å². The predicted molar refractivity (Wildman–Crippen MR) is 91.0 cm³/mol. The number of fused-ring (bicyclic) bond motifs is 1. The molecule has 2 saturated carbocycles. The monoisotopic (exact) mass is 328 g/mol. The van der Waals surface area contributed by atoms with Gasteiger partial charge in [-0.1, -0.05) is 25.0 Å². The molecule has 3 fully saturated rings. The number of likely N-dealkylation sites (tertiary alicyclic amines) is 1. The van der Waals surface area contributed by atoms with E-state index in [0.29, 0.717) is 25.4 Å². The smallest absolute Gasteiger partial charge is 0.321 e. The third-order valence-corrected chi connectivity index (χ3v) is 6.30. The van der Waals surface area contributed by atoms with Gasteiger partial charge >= 0.3 is 12.0 Å². The van der Waals surface area contributed by atoms with Crippen LogP contribution in [0.4, 0.5) is 10.5 Å². The third kappa shape index (κ3) is 2.46. The lowest BCUT2D eigenvalue weighted by Crippen LogP contribution is -2.38. The molecule has 0 bridgehead atoms. The summed E-state index contributed by atoms with van der Waals surface area (Å²) < 4.78 is 0. The molecule has 1 aliphatic heterocycles. The Morgan fingerprint density at radius 2 is 2.04 bits per heavy atom. The SMILES string of the molecule is O=C(Nc1cccc(C2CCC2)c1)N1C[C@@H]2CCC[C@@]2(C(=O)O)C1. The number of benzene rings is 1. The Balaban J connectivity index is 1.45. The van der Waals surface area contributed by atoms with Gasteiger partial charge in [0.2, 0.25) is 0 Å². The van der Waals surface area contributed by atoms with E-state index in [2.05, 4.69) is 17.4 Å². The number of rotatable bonds is 3. The van der Waals surface area contributed by atoms with Crippen LogP contribution < -0.4 is 5.32 Å². The molecule has 2 amide bonds. The summed E-state index contributed by atoms with van der Waals surface area (Å²) in [5.41, 5.74) is 1.38. The number of hydrogen-bond acceptors (Lipinski definition) is 2. The Labute approximate surface area is 142 Å². The molecule has 1 aromatic carbocycles. The fraction of sp³-hybridized carbons (Fsp3) is 0.579. The first kappa shape index (κ1) is 15.5. The first-order chi connectivity index (χ1) is 11.6. The summed E-state index contributed by atoms with van der Waals surface area (Å²) >= 11 is 0. The Kier molecular flexibility index (Phi) is 3.74. The summed E-state index contributed by atoms with van der Waals surface area (Å²) in [7, 11) is 0. The van der Waals surface area contributed by atoms with E-state index in [9.17, 15) is 14.7 Å². The summed E-state index contributed by atoms with van der Waals surface area (Å²) in [5.74, 6) is -0.0161. The molecule has 1 heterocycles. The zero-order chi connectivity index (χ0) is 16.7. The molecule has 1 aromatic rings. The zero-order valence-corrected chi connectivity index (χ0v) is 13.8. The normalized spacial score (nSPS) is 29.2. The Hall–Kier alpha value is -2.04. The highest BCUT2D eigenvalue weighted by atomic mass is 16.4. The average molecular weight is 328 g/mol. The standard InChI is InChI=1S/C19H24N2O3/c22-17(23)19-9-3-7-15(19)11-21(12-19)18(24)20-16-8-2-6-14(10-16)13-4-1-5-13/h2,6,8,10,13,15H,1,3-5,7,9,11-12H2,(H,20,24)(H,22,23)/t15-,19+/m0/s1. The molecule has 2 aliphatic carbocycles. The van der Waals surface area contributed by atoms with E-state index in [4.69, 9.17) is 0 Å². The lowest BCUT2D eigenvalue weighted by molar-refractivity contribution is -0.149. The number of carboxylic acid groups (broad SMARTS) is 1. The average Bonchev–Trinajstić information content (AvgIpc) is 3.03. The van der Waals surface area contributed by atoms with Crippen LogP contribution in [0.1, 0.15) is 50.0 Å². The van der Waals surface area contributed by atoms with Crippen LogP contribution in [0.15, 0.2) is 24.3 Å². The lowest BCUT2D eigenvalue weighted by atomic mass is 9.80. The van der Waals surface area contributed by atoms with Crippen molar-refractivity contribution in [1.82, 2.24) is 4.90 Å². The molecule has 128 valence electrons. The second kappa shape index (κ2) is 5.80. The molecule has 2 N–H and O–H groups in total. The van der Waals surface area contributed by atoms with Crippen LogP contribution in [-0.2, 0) is 4.79 Å². The molecule has 24 heavy (non-hydrogen) atoms. The molecule has 2 atom stereocenters.